The first-order valence-electron chi connectivity index (χ1n) is 8.64. The van der Waals surface area contributed by atoms with Gasteiger partial charge in [0, 0.05) is 43.3 Å². The molecule has 1 aromatic carbocycles. The van der Waals surface area contributed by atoms with Gasteiger partial charge < -0.3 is 19.3 Å². The van der Waals surface area contributed by atoms with Crippen LogP contribution in [0.2, 0.25) is 0 Å². The Hall–Kier alpha value is -2.34. The zero-order valence-electron chi connectivity index (χ0n) is 14.6. The topological polar surface area (TPSA) is 71.8 Å². The molecule has 2 unspecified atom stereocenters. The van der Waals surface area contributed by atoms with Crippen molar-refractivity contribution in [2.75, 3.05) is 13.7 Å². The van der Waals surface area contributed by atoms with E-state index in [1.54, 1.807) is 12.0 Å². The van der Waals surface area contributed by atoms with Crippen molar-refractivity contribution in [3.63, 3.8) is 0 Å². The van der Waals surface area contributed by atoms with Gasteiger partial charge in [-0.2, -0.15) is 0 Å². The summed E-state index contributed by atoms with van der Waals surface area (Å²) >= 11 is 0. The van der Waals surface area contributed by atoms with E-state index in [9.17, 15) is 9.59 Å². The number of aliphatic carboxylic acids is 1. The molecule has 134 valence electrons. The number of fused-ring (bicyclic) bond motifs is 1. The fraction of sp³-hybridized carbons (Fsp3) is 0.474. The molecule has 1 saturated heterocycles. The number of amides is 1. The number of carboxylic acids is 1. The fourth-order valence-electron chi connectivity index (χ4n) is 3.73. The Kier molecular flexibility index (Phi) is 5.08. The van der Waals surface area contributed by atoms with Crippen LogP contribution < -0.4 is 0 Å². The lowest BCUT2D eigenvalue weighted by molar-refractivity contribution is -0.139. The van der Waals surface area contributed by atoms with E-state index in [2.05, 4.69) is 17.6 Å². The van der Waals surface area contributed by atoms with E-state index in [1.807, 2.05) is 24.4 Å². The average molecular weight is 344 g/mol. The number of likely N-dealkylation sites (tertiary alicyclic amines) is 1. The number of methoxy groups -OCH3 is 1. The molecule has 0 spiro atoms. The van der Waals surface area contributed by atoms with Gasteiger partial charge in [-0.25, -0.2) is 0 Å². The summed E-state index contributed by atoms with van der Waals surface area (Å²) in [5.41, 5.74) is 2.10. The number of hydrogen-bond acceptors (Lipinski definition) is 3. The van der Waals surface area contributed by atoms with Crippen molar-refractivity contribution in [1.82, 2.24) is 9.47 Å². The predicted octanol–water partition coefficient (Wildman–Crippen LogP) is 2.29. The fourth-order valence-corrected chi connectivity index (χ4v) is 3.73. The molecule has 0 radical (unpaired) electrons. The molecule has 3 rings (SSSR count). The molecule has 1 N–H and O–H groups in total. The number of para-hydroxylation sites is 1. The van der Waals surface area contributed by atoms with Crippen LogP contribution in [0, 0.1) is 0 Å². The summed E-state index contributed by atoms with van der Waals surface area (Å²) in [6, 6.07) is 7.75. The number of aryl methyl sites for hydroxylation is 1. The van der Waals surface area contributed by atoms with Crippen LogP contribution in [-0.2, 0) is 27.3 Å². The first kappa shape index (κ1) is 17.5. The van der Waals surface area contributed by atoms with E-state index in [0.717, 1.165) is 23.0 Å². The van der Waals surface area contributed by atoms with E-state index in [-0.39, 0.29) is 30.9 Å². The number of carboxylic acid groups (broad SMARTS) is 1. The van der Waals surface area contributed by atoms with E-state index in [1.165, 1.54) is 0 Å². The van der Waals surface area contributed by atoms with Gasteiger partial charge in [0.1, 0.15) is 0 Å². The van der Waals surface area contributed by atoms with Gasteiger partial charge in [0.05, 0.1) is 18.9 Å². The molecule has 1 aliphatic rings. The maximum absolute atomic E-state index is 12.9. The monoisotopic (exact) mass is 344 g/mol. The van der Waals surface area contributed by atoms with Gasteiger partial charge >= 0.3 is 5.97 Å². The SMILES string of the molecule is CCn1cc(CC(=O)N2CC(OC)CC2CC(=O)O)c2ccccc21. The molecule has 1 fully saturated rings. The van der Waals surface area contributed by atoms with Crippen molar-refractivity contribution in [1.29, 1.82) is 0 Å². The summed E-state index contributed by atoms with van der Waals surface area (Å²) in [6.45, 7) is 3.37. The molecule has 1 amide bonds. The number of ether oxygens (including phenoxy) is 1. The van der Waals surface area contributed by atoms with Crippen LogP contribution in [0.1, 0.15) is 25.3 Å². The number of aromatic nitrogens is 1. The maximum atomic E-state index is 12.9. The number of carbonyl (C=O) groups is 2. The minimum atomic E-state index is -0.887. The Labute approximate surface area is 147 Å². The van der Waals surface area contributed by atoms with Crippen molar-refractivity contribution in [2.45, 2.75) is 44.9 Å². The largest absolute Gasteiger partial charge is 0.481 e. The highest BCUT2D eigenvalue weighted by molar-refractivity contribution is 5.89. The molecule has 2 atom stereocenters. The van der Waals surface area contributed by atoms with Crippen LogP contribution in [-0.4, -0.2) is 52.3 Å². The highest BCUT2D eigenvalue weighted by atomic mass is 16.5. The van der Waals surface area contributed by atoms with Crippen LogP contribution in [0.25, 0.3) is 10.9 Å². The lowest BCUT2D eigenvalue weighted by Gasteiger charge is -2.23. The zero-order chi connectivity index (χ0) is 18.0. The van der Waals surface area contributed by atoms with Crippen molar-refractivity contribution >= 4 is 22.8 Å². The normalized spacial score (nSPS) is 20.3. The van der Waals surface area contributed by atoms with Crippen LogP contribution in [0.4, 0.5) is 0 Å². The van der Waals surface area contributed by atoms with Gasteiger partial charge in [-0.3, -0.25) is 9.59 Å². The quantitative estimate of drug-likeness (QED) is 0.873. The highest BCUT2D eigenvalue weighted by Gasteiger charge is 2.36. The van der Waals surface area contributed by atoms with E-state index < -0.39 is 5.97 Å². The molecule has 6 nitrogen and oxygen atoms in total. The van der Waals surface area contributed by atoms with Crippen LogP contribution >= 0.6 is 0 Å². The molecule has 0 bridgehead atoms. The standard InChI is InChI=1S/C19H24N2O4/c1-3-20-11-13(16-6-4-5-7-17(16)20)8-18(22)21-12-15(25-2)9-14(21)10-19(23)24/h4-7,11,14-15H,3,8-10,12H2,1-2H3,(H,23,24). The average Bonchev–Trinajstić information content (AvgIpc) is 3.16. The van der Waals surface area contributed by atoms with Crippen molar-refractivity contribution in [3.8, 4) is 0 Å². The van der Waals surface area contributed by atoms with Gasteiger partial charge in [0.25, 0.3) is 0 Å². The predicted molar refractivity (Wildman–Crippen MR) is 94.5 cm³/mol. The summed E-state index contributed by atoms with van der Waals surface area (Å²) < 4.78 is 7.49. The molecule has 1 aliphatic heterocycles. The van der Waals surface area contributed by atoms with E-state index >= 15 is 0 Å². The number of hydrogen-bond donors (Lipinski definition) is 1. The minimum Gasteiger partial charge on any atom is -0.481 e. The lowest BCUT2D eigenvalue weighted by atomic mass is 10.1. The molecule has 0 saturated carbocycles. The van der Waals surface area contributed by atoms with Gasteiger partial charge in [-0.05, 0) is 25.0 Å². The Bertz CT molecular complexity index is 783. The van der Waals surface area contributed by atoms with Crippen LogP contribution in [0.5, 0.6) is 0 Å². The van der Waals surface area contributed by atoms with Gasteiger partial charge in [-0.1, -0.05) is 18.2 Å². The van der Waals surface area contributed by atoms with Crippen molar-refractivity contribution in [3.05, 3.63) is 36.0 Å². The number of carbonyl (C=O) groups excluding carboxylic acids is 1. The number of nitrogens with zero attached hydrogens (tertiary/aromatic N) is 2. The Morgan fingerprint density at radius 3 is 2.76 bits per heavy atom. The van der Waals surface area contributed by atoms with Gasteiger partial charge in [-0.15, -0.1) is 0 Å². The third kappa shape index (κ3) is 3.54. The second-order valence-electron chi connectivity index (χ2n) is 6.53. The second kappa shape index (κ2) is 7.27. The Morgan fingerprint density at radius 2 is 2.08 bits per heavy atom. The van der Waals surface area contributed by atoms with Crippen molar-refractivity contribution in [2.24, 2.45) is 0 Å². The molecule has 2 heterocycles. The maximum Gasteiger partial charge on any atom is 0.305 e. The first-order valence-corrected chi connectivity index (χ1v) is 8.64. The summed E-state index contributed by atoms with van der Waals surface area (Å²) in [7, 11) is 1.60. The Morgan fingerprint density at radius 1 is 1.32 bits per heavy atom. The van der Waals surface area contributed by atoms with Crippen molar-refractivity contribution < 1.29 is 19.4 Å². The highest BCUT2D eigenvalue weighted by Crippen LogP contribution is 2.26. The molecular formula is C19H24N2O4. The third-order valence-electron chi connectivity index (χ3n) is 4.99. The minimum absolute atomic E-state index is 0.0372. The molecule has 1 aromatic heterocycles. The number of benzene rings is 1. The summed E-state index contributed by atoms with van der Waals surface area (Å²) in [5.74, 6) is -0.924. The van der Waals surface area contributed by atoms with Crippen LogP contribution in [0.3, 0.4) is 0 Å². The summed E-state index contributed by atoms with van der Waals surface area (Å²) in [6.07, 6.45) is 2.75. The van der Waals surface area contributed by atoms with Crippen LogP contribution in [0.15, 0.2) is 30.5 Å². The first-order chi connectivity index (χ1) is 12.0. The zero-order valence-corrected chi connectivity index (χ0v) is 14.6. The smallest absolute Gasteiger partial charge is 0.305 e. The van der Waals surface area contributed by atoms with E-state index in [4.69, 9.17) is 9.84 Å². The second-order valence-corrected chi connectivity index (χ2v) is 6.53. The molecule has 0 aliphatic carbocycles. The van der Waals surface area contributed by atoms with Gasteiger partial charge in [0.15, 0.2) is 0 Å². The molecule has 6 heteroatoms. The molecule has 2 aromatic rings. The summed E-state index contributed by atoms with van der Waals surface area (Å²) in [5, 5.41) is 10.2. The lowest BCUT2D eigenvalue weighted by Crippen LogP contribution is -2.38. The summed E-state index contributed by atoms with van der Waals surface area (Å²) in [4.78, 5) is 25.7. The van der Waals surface area contributed by atoms with Gasteiger partial charge in [0.2, 0.25) is 5.91 Å². The van der Waals surface area contributed by atoms with E-state index in [0.29, 0.717) is 13.0 Å². The molecule has 25 heavy (non-hydrogen) atoms. The third-order valence-corrected chi connectivity index (χ3v) is 4.99. The molecular weight excluding hydrogens is 320 g/mol. The Balaban J connectivity index is 1.82. The number of rotatable bonds is 6.